The second kappa shape index (κ2) is 6.90. The van der Waals surface area contributed by atoms with Gasteiger partial charge in [0.2, 0.25) is 5.82 Å². The van der Waals surface area contributed by atoms with Gasteiger partial charge in [0.25, 0.3) is 5.89 Å². The average molecular weight is 366 g/mol. The van der Waals surface area contributed by atoms with E-state index in [0.717, 1.165) is 5.56 Å². The van der Waals surface area contributed by atoms with Crippen molar-refractivity contribution < 1.29 is 18.8 Å². The number of rotatable bonds is 5. The van der Waals surface area contributed by atoms with Crippen LogP contribution in [0.1, 0.15) is 16.2 Å². The number of methoxy groups -OCH3 is 1. The Balaban J connectivity index is 1.71. The zero-order chi connectivity index (χ0) is 17.1. The first-order chi connectivity index (χ1) is 11.6. The molecule has 3 rings (SSSR count). The molecule has 0 unspecified atom stereocenters. The summed E-state index contributed by atoms with van der Waals surface area (Å²) in [7, 11) is 1.42. The van der Waals surface area contributed by atoms with Gasteiger partial charge < -0.3 is 19.7 Å². The third kappa shape index (κ3) is 3.34. The lowest BCUT2D eigenvalue weighted by molar-refractivity contribution is 0.0426. The maximum Gasteiger partial charge on any atom is 0.342 e. The highest BCUT2D eigenvalue weighted by molar-refractivity contribution is 7.08. The van der Waals surface area contributed by atoms with Gasteiger partial charge in [-0.1, -0.05) is 16.8 Å². The van der Waals surface area contributed by atoms with Crippen molar-refractivity contribution in [1.29, 1.82) is 0 Å². The van der Waals surface area contributed by atoms with Crippen LogP contribution in [0.4, 0.5) is 5.69 Å². The minimum absolute atomic E-state index is 0.161. The van der Waals surface area contributed by atoms with E-state index in [-0.39, 0.29) is 28.8 Å². The van der Waals surface area contributed by atoms with Crippen molar-refractivity contribution in [2.75, 3.05) is 12.8 Å². The Hall–Kier alpha value is -2.58. The first kappa shape index (κ1) is 16.3. The van der Waals surface area contributed by atoms with Gasteiger partial charge in [0.05, 0.1) is 17.8 Å². The lowest BCUT2D eigenvalue weighted by atomic mass is 10.2. The molecule has 0 atom stereocenters. The van der Waals surface area contributed by atoms with Gasteiger partial charge in [0.1, 0.15) is 11.3 Å². The molecule has 0 spiro atoms. The van der Waals surface area contributed by atoms with E-state index in [1.165, 1.54) is 30.6 Å². The number of thiophene rings is 1. The maximum atomic E-state index is 12.2. The molecule has 0 fully saturated rings. The lowest BCUT2D eigenvalue weighted by Gasteiger charge is -2.09. The summed E-state index contributed by atoms with van der Waals surface area (Å²) in [5, 5.41) is 7.87. The predicted molar refractivity (Wildman–Crippen MR) is 89.1 cm³/mol. The molecule has 0 bridgehead atoms. The fourth-order valence-electron chi connectivity index (χ4n) is 1.92. The molecule has 0 radical (unpaired) electrons. The number of benzene rings is 1. The number of aromatic nitrogens is 2. The summed E-state index contributed by atoms with van der Waals surface area (Å²) in [6, 6.07) is 4.72. The average Bonchev–Trinajstić information content (AvgIpc) is 3.25. The minimum atomic E-state index is -0.635. The highest BCUT2D eigenvalue weighted by Crippen LogP contribution is 2.29. The number of esters is 1. The molecule has 1 aromatic carbocycles. The van der Waals surface area contributed by atoms with Crippen LogP contribution in [-0.2, 0) is 11.3 Å². The summed E-state index contributed by atoms with van der Waals surface area (Å²) in [5.41, 5.74) is 6.99. The molecule has 24 heavy (non-hydrogen) atoms. The Morgan fingerprint density at radius 2 is 2.29 bits per heavy atom. The molecular formula is C15H12ClN3O4S. The smallest absolute Gasteiger partial charge is 0.342 e. The minimum Gasteiger partial charge on any atom is -0.496 e. The molecule has 2 aromatic heterocycles. The normalized spacial score (nSPS) is 10.6. The molecule has 7 nitrogen and oxygen atoms in total. The molecule has 0 saturated carbocycles. The predicted octanol–water partition coefficient (Wildman–Crippen LogP) is 3.40. The van der Waals surface area contributed by atoms with Crippen molar-refractivity contribution in [2.45, 2.75) is 6.61 Å². The van der Waals surface area contributed by atoms with Gasteiger partial charge in [-0.3, -0.25) is 0 Å². The van der Waals surface area contributed by atoms with E-state index < -0.39 is 5.97 Å². The number of nitrogens with two attached hydrogens (primary N) is 1. The maximum absolute atomic E-state index is 12.2. The van der Waals surface area contributed by atoms with Gasteiger partial charge in [-0.05, 0) is 17.5 Å². The SMILES string of the molecule is COc1cc(N)c(Cl)cc1C(=O)OCc1nc(-c2ccsc2)no1. The van der Waals surface area contributed by atoms with Crippen LogP contribution < -0.4 is 10.5 Å². The van der Waals surface area contributed by atoms with Crippen molar-refractivity contribution in [3.8, 4) is 17.1 Å². The van der Waals surface area contributed by atoms with Crippen LogP contribution in [0.3, 0.4) is 0 Å². The number of carbonyl (C=O) groups excluding carboxylic acids is 1. The first-order valence-corrected chi connectivity index (χ1v) is 8.06. The van der Waals surface area contributed by atoms with Crippen molar-refractivity contribution in [1.82, 2.24) is 10.1 Å². The molecule has 0 aliphatic carbocycles. The summed E-state index contributed by atoms with van der Waals surface area (Å²) in [5.74, 6) is 0.260. The summed E-state index contributed by atoms with van der Waals surface area (Å²) in [6.07, 6.45) is 0. The van der Waals surface area contributed by atoms with Crippen LogP contribution >= 0.6 is 22.9 Å². The molecule has 0 aliphatic heterocycles. The number of halogens is 1. The van der Waals surface area contributed by atoms with E-state index in [0.29, 0.717) is 11.5 Å². The van der Waals surface area contributed by atoms with Gasteiger partial charge in [0.15, 0.2) is 6.61 Å². The zero-order valence-corrected chi connectivity index (χ0v) is 14.1. The number of hydrogen-bond acceptors (Lipinski definition) is 8. The molecule has 124 valence electrons. The second-order valence-electron chi connectivity index (χ2n) is 4.67. The topological polar surface area (TPSA) is 100 Å². The van der Waals surface area contributed by atoms with Gasteiger partial charge in [0, 0.05) is 17.0 Å². The van der Waals surface area contributed by atoms with Gasteiger partial charge in [-0.15, -0.1) is 0 Å². The van der Waals surface area contributed by atoms with E-state index in [4.69, 9.17) is 31.3 Å². The van der Waals surface area contributed by atoms with Crippen LogP contribution in [-0.4, -0.2) is 23.2 Å². The summed E-state index contributed by atoms with van der Waals surface area (Å²) < 4.78 is 15.4. The quantitative estimate of drug-likeness (QED) is 0.546. The van der Waals surface area contributed by atoms with E-state index in [9.17, 15) is 4.79 Å². The van der Waals surface area contributed by atoms with Crippen LogP contribution in [0.15, 0.2) is 33.5 Å². The van der Waals surface area contributed by atoms with E-state index in [2.05, 4.69) is 10.1 Å². The standard InChI is InChI=1S/C15H12ClN3O4S/c1-21-12-5-11(17)10(16)4-9(12)15(20)22-6-13-18-14(19-23-13)8-2-3-24-7-8/h2-5,7H,6,17H2,1H3. The molecule has 2 heterocycles. The number of nitrogen functional groups attached to an aromatic ring is 1. The number of hydrogen-bond donors (Lipinski definition) is 1. The Morgan fingerprint density at radius 1 is 1.46 bits per heavy atom. The van der Waals surface area contributed by atoms with Crippen LogP contribution in [0.25, 0.3) is 11.4 Å². The van der Waals surface area contributed by atoms with Crippen molar-refractivity contribution in [2.24, 2.45) is 0 Å². The summed E-state index contributed by atoms with van der Waals surface area (Å²) in [4.78, 5) is 16.4. The van der Waals surface area contributed by atoms with Crippen LogP contribution in [0.5, 0.6) is 5.75 Å². The van der Waals surface area contributed by atoms with E-state index in [1.54, 1.807) is 0 Å². The Kier molecular flexibility index (Phi) is 4.68. The van der Waals surface area contributed by atoms with Gasteiger partial charge in [-0.2, -0.15) is 16.3 Å². The third-order valence-electron chi connectivity index (χ3n) is 3.11. The van der Waals surface area contributed by atoms with Crippen LogP contribution in [0, 0.1) is 0 Å². The Bertz CT molecular complexity index is 864. The third-order valence-corrected chi connectivity index (χ3v) is 4.12. The summed E-state index contributed by atoms with van der Waals surface area (Å²) >= 11 is 7.46. The number of ether oxygens (including phenoxy) is 2. The van der Waals surface area contributed by atoms with Crippen LogP contribution in [0.2, 0.25) is 5.02 Å². The van der Waals surface area contributed by atoms with E-state index >= 15 is 0 Å². The molecule has 0 aliphatic rings. The summed E-state index contributed by atoms with van der Waals surface area (Å²) in [6.45, 7) is -0.166. The molecule has 2 N–H and O–H groups in total. The number of nitrogens with zero attached hydrogens (tertiary/aromatic N) is 2. The Morgan fingerprint density at radius 3 is 3.00 bits per heavy atom. The number of carbonyl (C=O) groups is 1. The first-order valence-electron chi connectivity index (χ1n) is 6.73. The van der Waals surface area contributed by atoms with Crippen molar-refractivity contribution in [3.05, 3.63) is 45.4 Å². The van der Waals surface area contributed by atoms with E-state index in [1.807, 2.05) is 16.8 Å². The largest absolute Gasteiger partial charge is 0.496 e. The highest BCUT2D eigenvalue weighted by Gasteiger charge is 2.18. The second-order valence-corrected chi connectivity index (χ2v) is 5.86. The molecule has 3 aromatic rings. The van der Waals surface area contributed by atoms with Gasteiger partial charge >= 0.3 is 5.97 Å². The molecular weight excluding hydrogens is 354 g/mol. The zero-order valence-electron chi connectivity index (χ0n) is 12.5. The van der Waals surface area contributed by atoms with Crippen molar-refractivity contribution in [3.63, 3.8) is 0 Å². The monoisotopic (exact) mass is 365 g/mol. The van der Waals surface area contributed by atoms with Crippen molar-refractivity contribution >= 4 is 34.6 Å². The molecule has 0 saturated heterocycles. The fraction of sp³-hybridized carbons (Fsp3) is 0.133. The number of anilines is 1. The lowest BCUT2D eigenvalue weighted by Crippen LogP contribution is -2.08. The van der Waals surface area contributed by atoms with Gasteiger partial charge in [-0.25, -0.2) is 4.79 Å². The highest BCUT2D eigenvalue weighted by atomic mass is 35.5. The molecule has 0 amide bonds. The fourth-order valence-corrected chi connectivity index (χ4v) is 2.72. The molecule has 9 heteroatoms. The Labute approximate surface area is 145 Å².